The molecule has 0 radical (unpaired) electrons. The van der Waals surface area contributed by atoms with Gasteiger partial charge in [0.15, 0.2) is 0 Å². The number of rotatable bonds is 3. The van der Waals surface area contributed by atoms with Gasteiger partial charge in [0.25, 0.3) is 0 Å². The van der Waals surface area contributed by atoms with Gasteiger partial charge in [-0.25, -0.2) is 0 Å². The molecule has 0 aromatic heterocycles. The number of halogens is 1. The molecule has 0 aliphatic carbocycles. The lowest BCUT2D eigenvalue weighted by Crippen LogP contribution is -2.04. The molecule has 2 heteroatoms. The highest BCUT2D eigenvalue weighted by molar-refractivity contribution is 14.0. The minimum Gasteiger partial charge on any atom is -0.107 e. The maximum Gasteiger partial charge on any atom is 0.0359 e. The molecular formula is C6H17ISi. The molecule has 0 rings (SSSR count). The summed E-state index contributed by atoms with van der Waals surface area (Å²) in [5.74, 6) is 0. The zero-order valence-corrected chi connectivity index (χ0v) is 9.59. The summed E-state index contributed by atoms with van der Waals surface area (Å²) < 4.78 is 0. The van der Waals surface area contributed by atoms with Crippen molar-refractivity contribution in [3.8, 4) is 0 Å². The van der Waals surface area contributed by atoms with E-state index in [4.69, 9.17) is 0 Å². The molecule has 0 aromatic carbocycles. The average molecular weight is 244 g/mol. The minimum absolute atomic E-state index is 0. The Bertz CT molecular complexity index is 30.0. The van der Waals surface area contributed by atoms with Crippen molar-refractivity contribution < 1.29 is 0 Å². The van der Waals surface area contributed by atoms with Gasteiger partial charge in [-0.2, -0.15) is 0 Å². The van der Waals surface area contributed by atoms with Crippen molar-refractivity contribution in [2.45, 2.75) is 38.9 Å². The lowest BCUT2D eigenvalue weighted by molar-refractivity contribution is 1.24. The molecule has 8 heavy (non-hydrogen) atoms. The molecule has 0 aromatic rings. The van der Waals surface area contributed by atoms with Gasteiger partial charge in [0.2, 0.25) is 0 Å². The van der Waals surface area contributed by atoms with Gasteiger partial charge in [0, 0.05) is 8.80 Å². The van der Waals surface area contributed by atoms with Crippen molar-refractivity contribution in [1.29, 1.82) is 0 Å². The smallest absolute Gasteiger partial charge is 0.0359 e. The predicted molar refractivity (Wildman–Crippen MR) is 54.0 cm³/mol. The van der Waals surface area contributed by atoms with Crippen LogP contribution < -0.4 is 0 Å². The molecular weight excluding hydrogens is 227 g/mol. The molecule has 0 N–H and O–H groups in total. The molecule has 52 valence electrons. The van der Waals surface area contributed by atoms with Crippen LogP contribution in [0.25, 0.3) is 0 Å². The highest BCUT2D eigenvalue weighted by Crippen LogP contribution is 2.01. The predicted octanol–water partition coefficient (Wildman–Crippen LogP) is 2.89. The van der Waals surface area contributed by atoms with Gasteiger partial charge in [-0.15, -0.1) is 24.0 Å². The van der Waals surface area contributed by atoms with Crippen LogP contribution in [0.3, 0.4) is 0 Å². The van der Waals surface area contributed by atoms with Gasteiger partial charge >= 0.3 is 0 Å². The fourth-order valence-electron chi connectivity index (χ4n) is 0.866. The zero-order valence-electron chi connectivity index (χ0n) is 6.11. The lowest BCUT2D eigenvalue weighted by atomic mass is 10.9. The van der Waals surface area contributed by atoms with Crippen LogP contribution in [0, 0.1) is 0 Å². The molecule has 0 aliphatic heterocycles. The topological polar surface area (TPSA) is 0 Å². The van der Waals surface area contributed by atoms with Crippen molar-refractivity contribution in [2.24, 2.45) is 0 Å². The summed E-state index contributed by atoms with van der Waals surface area (Å²) in [6.07, 6.45) is 0. The highest BCUT2D eigenvalue weighted by Gasteiger charge is 1.98. The standard InChI is InChI=1S/C6H16Si.HI/c1-4-7(5-2)6-3;/h7H,4-6H2,1-3H3;1H. The second-order valence-corrected chi connectivity index (χ2v) is 6.27. The average Bonchev–Trinajstić information content (AvgIpc) is 1.72. The summed E-state index contributed by atoms with van der Waals surface area (Å²) in [4.78, 5) is 0. The third kappa shape index (κ3) is 5.09. The van der Waals surface area contributed by atoms with Crippen LogP contribution in [-0.2, 0) is 0 Å². The summed E-state index contributed by atoms with van der Waals surface area (Å²) in [5, 5.41) is 0. The number of hydrogen-bond acceptors (Lipinski definition) is 0. The normalized spacial score (nSPS) is 9.00. The van der Waals surface area contributed by atoms with E-state index in [1.165, 1.54) is 18.1 Å². The van der Waals surface area contributed by atoms with Crippen LogP contribution in [0.1, 0.15) is 20.8 Å². The molecule has 0 bridgehead atoms. The summed E-state index contributed by atoms with van der Waals surface area (Å²) in [7, 11) is -0.171. The summed E-state index contributed by atoms with van der Waals surface area (Å²) >= 11 is 0. The van der Waals surface area contributed by atoms with Gasteiger partial charge < -0.3 is 0 Å². The first-order chi connectivity index (χ1) is 3.35. The Labute approximate surface area is 71.7 Å². The zero-order chi connectivity index (χ0) is 5.70. The molecule has 0 spiro atoms. The molecule has 0 fully saturated rings. The van der Waals surface area contributed by atoms with E-state index in [1.54, 1.807) is 0 Å². The van der Waals surface area contributed by atoms with Crippen molar-refractivity contribution >= 4 is 32.8 Å². The maximum absolute atomic E-state index is 2.32. The maximum atomic E-state index is 2.32. The Morgan fingerprint density at radius 2 is 1.12 bits per heavy atom. The molecule has 0 saturated heterocycles. The molecule has 0 heterocycles. The van der Waals surface area contributed by atoms with Crippen LogP contribution in [-0.4, -0.2) is 8.80 Å². The van der Waals surface area contributed by atoms with E-state index in [1.807, 2.05) is 0 Å². The fraction of sp³-hybridized carbons (Fsp3) is 1.00. The van der Waals surface area contributed by atoms with Crippen LogP contribution in [0.4, 0.5) is 0 Å². The van der Waals surface area contributed by atoms with E-state index in [0.717, 1.165) is 0 Å². The van der Waals surface area contributed by atoms with Crippen molar-refractivity contribution in [1.82, 2.24) is 0 Å². The second kappa shape index (κ2) is 7.95. The first kappa shape index (κ1) is 11.7. The summed E-state index contributed by atoms with van der Waals surface area (Å²) in [5.41, 5.74) is 0. The van der Waals surface area contributed by atoms with Gasteiger partial charge in [-0.1, -0.05) is 38.9 Å². The summed E-state index contributed by atoms with van der Waals surface area (Å²) in [6, 6.07) is 4.48. The third-order valence-corrected chi connectivity index (χ3v) is 5.20. The monoisotopic (exact) mass is 244 g/mol. The van der Waals surface area contributed by atoms with Crippen LogP contribution in [0.5, 0.6) is 0 Å². The van der Waals surface area contributed by atoms with E-state index in [2.05, 4.69) is 20.8 Å². The van der Waals surface area contributed by atoms with Crippen molar-refractivity contribution in [3.05, 3.63) is 0 Å². The largest absolute Gasteiger partial charge is 0.107 e. The summed E-state index contributed by atoms with van der Waals surface area (Å²) in [6.45, 7) is 6.97. The SMILES string of the molecule is CC[SiH](CC)CC.I. The van der Waals surface area contributed by atoms with Gasteiger partial charge in [0.1, 0.15) is 0 Å². The number of hydrogen-bond donors (Lipinski definition) is 0. The van der Waals surface area contributed by atoms with E-state index in [-0.39, 0.29) is 32.8 Å². The first-order valence-electron chi connectivity index (χ1n) is 3.35. The van der Waals surface area contributed by atoms with E-state index >= 15 is 0 Å². The van der Waals surface area contributed by atoms with E-state index in [9.17, 15) is 0 Å². The van der Waals surface area contributed by atoms with Gasteiger partial charge in [-0.3, -0.25) is 0 Å². The Balaban J connectivity index is 0. The lowest BCUT2D eigenvalue weighted by Gasteiger charge is -2.03. The molecule has 0 atom stereocenters. The Kier molecular flexibility index (Phi) is 11.6. The van der Waals surface area contributed by atoms with Crippen LogP contribution >= 0.6 is 24.0 Å². The van der Waals surface area contributed by atoms with Crippen LogP contribution in [0.2, 0.25) is 18.1 Å². The Morgan fingerprint density at radius 3 is 1.12 bits per heavy atom. The quantitative estimate of drug-likeness (QED) is 0.529. The second-order valence-electron chi connectivity index (χ2n) is 2.09. The minimum atomic E-state index is -0.171. The van der Waals surface area contributed by atoms with Gasteiger partial charge in [-0.05, 0) is 0 Å². The highest BCUT2D eigenvalue weighted by atomic mass is 127. The van der Waals surface area contributed by atoms with Crippen molar-refractivity contribution in [3.63, 3.8) is 0 Å². The Hall–Kier alpha value is 0.947. The first-order valence-corrected chi connectivity index (χ1v) is 5.80. The molecule has 0 unspecified atom stereocenters. The fourth-order valence-corrected chi connectivity index (χ4v) is 2.60. The molecule has 0 nitrogen and oxygen atoms in total. The van der Waals surface area contributed by atoms with Crippen molar-refractivity contribution in [2.75, 3.05) is 0 Å². The molecule has 0 amide bonds. The van der Waals surface area contributed by atoms with Gasteiger partial charge in [0.05, 0.1) is 0 Å². The van der Waals surface area contributed by atoms with E-state index < -0.39 is 0 Å². The third-order valence-electron chi connectivity index (χ3n) is 1.73. The molecule has 0 saturated carbocycles. The molecule has 0 aliphatic rings. The Morgan fingerprint density at radius 1 is 0.875 bits per heavy atom. The van der Waals surface area contributed by atoms with E-state index in [0.29, 0.717) is 0 Å². The van der Waals surface area contributed by atoms with Crippen LogP contribution in [0.15, 0.2) is 0 Å².